The van der Waals surface area contributed by atoms with Gasteiger partial charge in [-0.25, -0.2) is 0 Å². The Hall–Kier alpha value is -3.31. The van der Waals surface area contributed by atoms with Crippen LogP contribution in [0.1, 0.15) is 54.1 Å². The second kappa shape index (κ2) is 11.5. The lowest BCUT2D eigenvalue weighted by molar-refractivity contribution is -0.134. The van der Waals surface area contributed by atoms with Crippen LogP contribution in [0.3, 0.4) is 0 Å². The third-order valence-corrected chi connectivity index (χ3v) is 5.36. The number of aryl methyl sites for hydroxylation is 1. The fourth-order valence-electron chi connectivity index (χ4n) is 3.39. The van der Waals surface area contributed by atoms with Crippen LogP contribution >= 0.6 is 11.6 Å². The zero-order valence-corrected chi connectivity index (χ0v) is 19.8. The van der Waals surface area contributed by atoms with Crippen molar-refractivity contribution in [1.82, 2.24) is 0 Å². The first-order valence-corrected chi connectivity index (χ1v) is 11.3. The molecule has 3 rings (SSSR count). The van der Waals surface area contributed by atoms with Gasteiger partial charge in [-0.1, -0.05) is 31.5 Å². The molecule has 0 saturated carbocycles. The highest BCUT2D eigenvalue weighted by Gasteiger charge is 2.10. The van der Waals surface area contributed by atoms with E-state index in [-0.39, 0.29) is 18.3 Å². The van der Waals surface area contributed by atoms with E-state index < -0.39 is 0 Å². The fraction of sp³-hybridized carbons (Fsp3) is 0.259. The van der Waals surface area contributed by atoms with Crippen molar-refractivity contribution in [3.05, 3.63) is 88.4 Å². The average Bonchev–Trinajstić information content (AvgIpc) is 2.78. The molecule has 0 atom stereocenters. The zero-order chi connectivity index (χ0) is 23.8. The number of ether oxygens (including phenoxy) is 2. The molecule has 33 heavy (non-hydrogen) atoms. The molecule has 0 aliphatic rings. The number of rotatable bonds is 9. The van der Waals surface area contributed by atoms with E-state index in [2.05, 4.69) is 32.2 Å². The van der Waals surface area contributed by atoms with E-state index >= 15 is 0 Å². The number of carbonyl (C=O) groups is 2. The largest absolute Gasteiger partial charge is 0.494 e. The van der Waals surface area contributed by atoms with Crippen molar-refractivity contribution < 1.29 is 19.1 Å². The van der Waals surface area contributed by atoms with Crippen molar-refractivity contribution in [2.24, 2.45) is 0 Å². The Kier molecular flexibility index (Phi) is 8.50. The number of carbonyl (C=O) groups excluding carboxylic acids is 2. The Balaban J connectivity index is 1.41. The predicted molar refractivity (Wildman–Crippen MR) is 131 cm³/mol. The van der Waals surface area contributed by atoms with Crippen LogP contribution in [0.5, 0.6) is 11.5 Å². The number of amides is 1. The van der Waals surface area contributed by atoms with Crippen LogP contribution in [0, 0.1) is 6.92 Å². The maximum absolute atomic E-state index is 12.3. The lowest BCUT2D eigenvalue weighted by Gasteiger charge is -2.12. The van der Waals surface area contributed by atoms with Gasteiger partial charge in [0.2, 0.25) is 0 Å². The van der Waals surface area contributed by atoms with Gasteiger partial charge in [-0.3, -0.25) is 9.59 Å². The smallest absolute Gasteiger partial charge is 0.311 e. The van der Waals surface area contributed by atoms with Crippen LogP contribution in [0.2, 0.25) is 5.02 Å². The average molecular weight is 466 g/mol. The molecule has 0 spiro atoms. The predicted octanol–water partition coefficient (Wildman–Crippen LogP) is 6.79. The fourth-order valence-corrected chi connectivity index (χ4v) is 3.51. The van der Waals surface area contributed by atoms with Gasteiger partial charge in [-0.05, 0) is 91.1 Å². The molecular weight excluding hydrogens is 438 g/mol. The van der Waals surface area contributed by atoms with Gasteiger partial charge in [0.05, 0.1) is 6.61 Å². The van der Waals surface area contributed by atoms with E-state index in [4.69, 9.17) is 21.1 Å². The molecule has 0 aliphatic heterocycles. The lowest BCUT2D eigenvalue weighted by atomic mass is 9.98. The first-order chi connectivity index (χ1) is 15.8. The molecule has 172 valence electrons. The summed E-state index contributed by atoms with van der Waals surface area (Å²) in [6.07, 6.45) is 0.785. The number of benzene rings is 3. The highest BCUT2D eigenvalue weighted by molar-refractivity contribution is 6.30. The Morgan fingerprint density at radius 1 is 0.939 bits per heavy atom. The van der Waals surface area contributed by atoms with Crippen LogP contribution in [-0.4, -0.2) is 18.5 Å². The Morgan fingerprint density at radius 2 is 1.61 bits per heavy atom. The number of nitrogens with one attached hydrogen (secondary N) is 1. The molecule has 5 nitrogen and oxygen atoms in total. The SMILES string of the molecule is Cc1cc(OCCCC(=O)Oc2ccc(C(=O)Nc3ccc(Cl)cc3)cc2)ccc1C(C)C. The van der Waals surface area contributed by atoms with Gasteiger partial charge < -0.3 is 14.8 Å². The third-order valence-electron chi connectivity index (χ3n) is 5.11. The zero-order valence-electron chi connectivity index (χ0n) is 19.1. The molecule has 3 aromatic rings. The topological polar surface area (TPSA) is 64.6 Å². The molecule has 0 aromatic heterocycles. The third kappa shape index (κ3) is 7.36. The molecule has 6 heteroatoms. The van der Waals surface area contributed by atoms with E-state index in [9.17, 15) is 9.59 Å². The molecule has 0 heterocycles. The van der Waals surface area contributed by atoms with E-state index in [1.54, 1.807) is 48.5 Å². The van der Waals surface area contributed by atoms with E-state index in [0.717, 1.165) is 5.75 Å². The number of esters is 1. The molecule has 0 aliphatic carbocycles. The van der Waals surface area contributed by atoms with E-state index in [0.29, 0.717) is 41.0 Å². The molecule has 0 radical (unpaired) electrons. The first kappa shape index (κ1) is 24.3. The second-order valence-electron chi connectivity index (χ2n) is 8.08. The maximum atomic E-state index is 12.3. The standard InChI is InChI=1S/C27H28ClNO4/c1-18(2)25-15-14-24(17-19(25)3)32-16-4-5-26(30)33-23-12-6-20(7-13-23)27(31)29-22-10-8-21(28)9-11-22/h6-15,17-18H,4-5,16H2,1-3H3,(H,29,31). The van der Waals surface area contributed by atoms with Crippen molar-refractivity contribution in [2.75, 3.05) is 11.9 Å². The minimum Gasteiger partial charge on any atom is -0.494 e. The number of halogens is 1. The summed E-state index contributed by atoms with van der Waals surface area (Å²) in [6, 6.07) is 19.4. The highest BCUT2D eigenvalue weighted by atomic mass is 35.5. The molecule has 0 bridgehead atoms. The highest BCUT2D eigenvalue weighted by Crippen LogP contribution is 2.23. The molecule has 0 unspecified atom stereocenters. The molecule has 0 saturated heterocycles. The Labute approximate surface area is 199 Å². The van der Waals surface area contributed by atoms with Gasteiger partial charge >= 0.3 is 5.97 Å². The summed E-state index contributed by atoms with van der Waals surface area (Å²) < 4.78 is 11.1. The van der Waals surface area contributed by atoms with Gasteiger partial charge in [0.1, 0.15) is 11.5 Å². The van der Waals surface area contributed by atoms with Crippen molar-refractivity contribution in [1.29, 1.82) is 0 Å². The van der Waals surface area contributed by atoms with Gasteiger partial charge in [0, 0.05) is 22.7 Å². The summed E-state index contributed by atoms with van der Waals surface area (Å²) in [5.41, 5.74) is 3.61. The van der Waals surface area contributed by atoms with E-state index in [1.807, 2.05) is 12.1 Å². The molecule has 1 amide bonds. The van der Waals surface area contributed by atoms with Crippen molar-refractivity contribution in [3.63, 3.8) is 0 Å². The molecule has 0 fully saturated rings. The van der Waals surface area contributed by atoms with Crippen LogP contribution in [0.4, 0.5) is 5.69 Å². The number of hydrogen-bond donors (Lipinski definition) is 1. The Bertz CT molecular complexity index is 1090. The van der Waals surface area contributed by atoms with Crippen molar-refractivity contribution >= 4 is 29.2 Å². The van der Waals surface area contributed by atoms with Gasteiger partial charge in [0.25, 0.3) is 5.91 Å². The van der Waals surface area contributed by atoms with Crippen LogP contribution in [0.15, 0.2) is 66.7 Å². The minimum absolute atomic E-state index is 0.238. The summed E-state index contributed by atoms with van der Waals surface area (Å²) >= 11 is 5.85. The summed E-state index contributed by atoms with van der Waals surface area (Å²) in [5.74, 6) is 1.06. The summed E-state index contributed by atoms with van der Waals surface area (Å²) in [4.78, 5) is 24.4. The van der Waals surface area contributed by atoms with Crippen LogP contribution in [0.25, 0.3) is 0 Å². The van der Waals surface area contributed by atoms with Gasteiger partial charge in [-0.2, -0.15) is 0 Å². The van der Waals surface area contributed by atoms with Crippen LogP contribution in [-0.2, 0) is 4.79 Å². The van der Waals surface area contributed by atoms with E-state index in [1.165, 1.54) is 11.1 Å². The molecule has 3 aromatic carbocycles. The maximum Gasteiger partial charge on any atom is 0.311 e. The van der Waals surface area contributed by atoms with Crippen molar-refractivity contribution in [3.8, 4) is 11.5 Å². The Morgan fingerprint density at radius 3 is 2.24 bits per heavy atom. The number of anilines is 1. The minimum atomic E-state index is -0.344. The van der Waals surface area contributed by atoms with Crippen molar-refractivity contribution in [2.45, 2.75) is 39.5 Å². The summed E-state index contributed by atoms with van der Waals surface area (Å²) in [7, 11) is 0. The van der Waals surface area contributed by atoms with Crippen LogP contribution < -0.4 is 14.8 Å². The van der Waals surface area contributed by atoms with Gasteiger partial charge in [0.15, 0.2) is 0 Å². The monoisotopic (exact) mass is 465 g/mol. The number of hydrogen-bond acceptors (Lipinski definition) is 4. The molecule has 1 N–H and O–H groups in total. The quantitative estimate of drug-likeness (QED) is 0.214. The first-order valence-electron chi connectivity index (χ1n) is 10.9. The van der Waals surface area contributed by atoms with Gasteiger partial charge in [-0.15, -0.1) is 0 Å². The summed E-state index contributed by atoms with van der Waals surface area (Å²) in [5, 5.41) is 3.38. The second-order valence-corrected chi connectivity index (χ2v) is 8.52. The summed E-state index contributed by atoms with van der Waals surface area (Å²) in [6.45, 7) is 6.84. The lowest BCUT2D eigenvalue weighted by Crippen LogP contribution is -2.12. The molecular formula is C27H28ClNO4. The normalized spacial score (nSPS) is 10.7.